The van der Waals surface area contributed by atoms with Crippen molar-refractivity contribution in [2.45, 2.75) is 57.6 Å². The molecule has 2 heterocycles. The first-order chi connectivity index (χ1) is 8.34. The zero-order valence-corrected chi connectivity index (χ0v) is 11.3. The van der Waals surface area contributed by atoms with E-state index in [1.165, 1.54) is 64.7 Å². The number of hydrogen-bond donors (Lipinski definition) is 1. The van der Waals surface area contributed by atoms with Crippen LogP contribution in [0.3, 0.4) is 0 Å². The molecule has 0 radical (unpaired) electrons. The Morgan fingerprint density at radius 2 is 2.12 bits per heavy atom. The maximum Gasteiger partial charge on any atom is 0.0587 e. The summed E-state index contributed by atoms with van der Waals surface area (Å²) in [6.45, 7) is 8.21. The molecular weight excluding hydrogens is 212 g/mol. The fourth-order valence-corrected chi connectivity index (χ4v) is 2.83. The SMILES string of the molecule is CC1CCN(CCC2CCCCO2)CCCN1. The maximum atomic E-state index is 5.81. The molecule has 0 spiro atoms. The largest absolute Gasteiger partial charge is 0.378 e. The van der Waals surface area contributed by atoms with Gasteiger partial charge in [-0.05, 0) is 65.1 Å². The highest BCUT2D eigenvalue weighted by Crippen LogP contribution is 2.16. The lowest BCUT2D eigenvalue weighted by atomic mass is 10.1. The van der Waals surface area contributed by atoms with Gasteiger partial charge in [-0.2, -0.15) is 0 Å². The van der Waals surface area contributed by atoms with Crippen LogP contribution in [0.2, 0.25) is 0 Å². The summed E-state index contributed by atoms with van der Waals surface area (Å²) in [5.74, 6) is 0. The summed E-state index contributed by atoms with van der Waals surface area (Å²) in [7, 11) is 0. The Kier molecular flexibility index (Phi) is 5.75. The molecule has 0 saturated carbocycles. The molecule has 100 valence electrons. The smallest absolute Gasteiger partial charge is 0.0587 e. The van der Waals surface area contributed by atoms with Gasteiger partial charge < -0.3 is 15.0 Å². The van der Waals surface area contributed by atoms with E-state index in [0.29, 0.717) is 12.1 Å². The normalized spacial score (nSPS) is 33.0. The minimum atomic E-state index is 0.546. The molecule has 2 saturated heterocycles. The fourth-order valence-electron chi connectivity index (χ4n) is 2.83. The highest BCUT2D eigenvalue weighted by Gasteiger charge is 2.16. The van der Waals surface area contributed by atoms with Gasteiger partial charge in [0.25, 0.3) is 0 Å². The molecule has 3 nitrogen and oxygen atoms in total. The van der Waals surface area contributed by atoms with Gasteiger partial charge in [-0.1, -0.05) is 0 Å². The van der Waals surface area contributed by atoms with Crippen LogP contribution in [0, 0.1) is 0 Å². The Bertz CT molecular complexity index is 204. The molecule has 1 N–H and O–H groups in total. The topological polar surface area (TPSA) is 24.5 Å². The summed E-state index contributed by atoms with van der Waals surface area (Å²) in [6, 6.07) is 0.684. The van der Waals surface area contributed by atoms with E-state index in [2.05, 4.69) is 17.1 Å². The second kappa shape index (κ2) is 7.34. The van der Waals surface area contributed by atoms with Crippen LogP contribution in [-0.4, -0.2) is 49.8 Å². The van der Waals surface area contributed by atoms with Gasteiger partial charge >= 0.3 is 0 Å². The molecule has 0 aromatic heterocycles. The van der Waals surface area contributed by atoms with Gasteiger partial charge in [0.1, 0.15) is 0 Å². The van der Waals surface area contributed by atoms with E-state index >= 15 is 0 Å². The number of nitrogens with zero attached hydrogens (tertiary/aromatic N) is 1. The van der Waals surface area contributed by atoms with Gasteiger partial charge in [0.2, 0.25) is 0 Å². The maximum absolute atomic E-state index is 5.81. The number of nitrogens with one attached hydrogen (secondary N) is 1. The molecule has 2 aliphatic rings. The van der Waals surface area contributed by atoms with Crippen LogP contribution in [0.1, 0.15) is 45.4 Å². The summed E-state index contributed by atoms with van der Waals surface area (Å²) in [6.07, 6.45) is 8.27. The molecule has 3 heteroatoms. The van der Waals surface area contributed by atoms with Crippen molar-refractivity contribution in [1.29, 1.82) is 0 Å². The molecule has 2 unspecified atom stereocenters. The van der Waals surface area contributed by atoms with Crippen LogP contribution in [0.4, 0.5) is 0 Å². The van der Waals surface area contributed by atoms with E-state index in [4.69, 9.17) is 4.74 Å². The molecule has 2 fully saturated rings. The average molecular weight is 240 g/mol. The number of rotatable bonds is 3. The lowest BCUT2D eigenvalue weighted by Gasteiger charge is -2.30. The van der Waals surface area contributed by atoms with Gasteiger partial charge in [-0.3, -0.25) is 0 Å². The molecule has 2 atom stereocenters. The third-order valence-corrected chi connectivity index (χ3v) is 4.06. The first-order valence-corrected chi connectivity index (χ1v) is 7.42. The molecule has 2 aliphatic heterocycles. The summed E-state index contributed by atoms with van der Waals surface area (Å²) in [5, 5.41) is 3.56. The van der Waals surface area contributed by atoms with Crippen molar-refractivity contribution in [3.63, 3.8) is 0 Å². The third-order valence-electron chi connectivity index (χ3n) is 4.06. The second-order valence-electron chi connectivity index (χ2n) is 5.62. The molecule has 2 rings (SSSR count). The van der Waals surface area contributed by atoms with Crippen molar-refractivity contribution in [3.05, 3.63) is 0 Å². The highest BCUT2D eigenvalue weighted by atomic mass is 16.5. The zero-order chi connectivity index (χ0) is 11.9. The van der Waals surface area contributed by atoms with Crippen LogP contribution in [0.15, 0.2) is 0 Å². The Balaban J connectivity index is 1.65. The van der Waals surface area contributed by atoms with Gasteiger partial charge in [0.05, 0.1) is 6.10 Å². The van der Waals surface area contributed by atoms with Crippen LogP contribution in [0.25, 0.3) is 0 Å². The van der Waals surface area contributed by atoms with E-state index in [-0.39, 0.29) is 0 Å². The Labute approximate surface area is 106 Å². The average Bonchev–Trinajstić information content (AvgIpc) is 2.35. The number of hydrogen-bond acceptors (Lipinski definition) is 3. The summed E-state index contributed by atoms with van der Waals surface area (Å²) in [4.78, 5) is 2.63. The molecule has 0 aliphatic carbocycles. The Morgan fingerprint density at radius 1 is 1.18 bits per heavy atom. The minimum Gasteiger partial charge on any atom is -0.378 e. The molecular formula is C14H28N2O. The summed E-state index contributed by atoms with van der Waals surface area (Å²) in [5.41, 5.74) is 0. The van der Waals surface area contributed by atoms with Crippen LogP contribution in [0.5, 0.6) is 0 Å². The van der Waals surface area contributed by atoms with Crippen molar-refractivity contribution in [2.24, 2.45) is 0 Å². The van der Waals surface area contributed by atoms with Gasteiger partial charge in [-0.15, -0.1) is 0 Å². The van der Waals surface area contributed by atoms with Crippen LogP contribution < -0.4 is 5.32 Å². The van der Waals surface area contributed by atoms with Crippen molar-refractivity contribution >= 4 is 0 Å². The monoisotopic (exact) mass is 240 g/mol. The van der Waals surface area contributed by atoms with Gasteiger partial charge in [0, 0.05) is 19.2 Å². The zero-order valence-electron chi connectivity index (χ0n) is 11.3. The Morgan fingerprint density at radius 3 is 2.94 bits per heavy atom. The minimum absolute atomic E-state index is 0.546. The molecule has 0 aromatic carbocycles. The summed E-state index contributed by atoms with van der Waals surface area (Å²) >= 11 is 0. The second-order valence-corrected chi connectivity index (χ2v) is 5.62. The predicted octanol–water partition coefficient (Wildman–Crippen LogP) is 2.02. The lowest BCUT2D eigenvalue weighted by Crippen LogP contribution is -2.39. The first kappa shape index (κ1) is 13.3. The van der Waals surface area contributed by atoms with E-state index in [9.17, 15) is 0 Å². The van der Waals surface area contributed by atoms with Crippen LogP contribution in [-0.2, 0) is 4.74 Å². The van der Waals surface area contributed by atoms with Crippen molar-refractivity contribution < 1.29 is 4.74 Å². The van der Waals surface area contributed by atoms with E-state index in [1.54, 1.807) is 0 Å². The fraction of sp³-hybridized carbons (Fsp3) is 1.00. The van der Waals surface area contributed by atoms with Gasteiger partial charge in [0.15, 0.2) is 0 Å². The standard InChI is InChI=1S/C14H28N2O/c1-13-6-10-16(9-4-8-15-13)11-7-14-5-2-3-12-17-14/h13-15H,2-12H2,1H3. The first-order valence-electron chi connectivity index (χ1n) is 7.42. The molecule has 0 aromatic rings. The lowest BCUT2D eigenvalue weighted by molar-refractivity contribution is 0.00507. The molecule has 0 bridgehead atoms. The van der Waals surface area contributed by atoms with Crippen molar-refractivity contribution in [2.75, 3.05) is 32.8 Å². The van der Waals surface area contributed by atoms with E-state index in [1.807, 2.05) is 0 Å². The highest BCUT2D eigenvalue weighted by molar-refractivity contribution is 4.72. The molecule has 17 heavy (non-hydrogen) atoms. The number of ether oxygens (including phenoxy) is 1. The quantitative estimate of drug-likeness (QED) is 0.817. The van der Waals surface area contributed by atoms with Crippen molar-refractivity contribution in [3.8, 4) is 0 Å². The Hall–Kier alpha value is -0.120. The van der Waals surface area contributed by atoms with E-state index < -0.39 is 0 Å². The van der Waals surface area contributed by atoms with E-state index in [0.717, 1.165) is 6.61 Å². The summed E-state index contributed by atoms with van der Waals surface area (Å²) < 4.78 is 5.81. The van der Waals surface area contributed by atoms with Gasteiger partial charge in [-0.25, -0.2) is 0 Å². The third kappa shape index (κ3) is 4.94. The predicted molar refractivity (Wildman–Crippen MR) is 71.3 cm³/mol. The van der Waals surface area contributed by atoms with Crippen LogP contribution >= 0.6 is 0 Å². The van der Waals surface area contributed by atoms with Crippen molar-refractivity contribution in [1.82, 2.24) is 10.2 Å². The molecule has 0 amide bonds.